The van der Waals surface area contributed by atoms with Crippen LogP contribution in [0.3, 0.4) is 0 Å². The van der Waals surface area contributed by atoms with E-state index in [0.717, 1.165) is 12.1 Å². The zero-order valence-electron chi connectivity index (χ0n) is 11.6. The molecule has 0 radical (unpaired) electrons. The Morgan fingerprint density at radius 3 is 2.90 bits per heavy atom. The summed E-state index contributed by atoms with van der Waals surface area (Å²) in [6, 6.07) is 12.2. The first-order valence-electron chi connectivity index (χ1n) is 6.84. The molecule has 0 bridgehead atoms. The minimum absolute atomic E-state index is 0.227. The van der Waals surface area contributed by atoms with Crippen LogP contribution in [0.25, 0.3) is 5.57 Å². The number of carbonyl (C=O) groups excluding carboxylic acids is 1. The van der Waals surface area contributed by atoms with Gasteiger partial charge in [-0.2, -0.15) is 0 Å². The van der Waals surface area contributed by atoms with Gasteiger partial charge in [-0.1, -0.05) is 19.1 Å². The molecule has 0 spiro atoms. The third-order valence-electron chi connectivity index (χ3n) is 3.48. The molecule has 0 saturated carbocycles. The summed E-state index contributed by atoms with van der Waals surface area (Å²) in [5, 5.41) is 5.83. The summed E-state index contributed by atoms with van der Waals surface area (Å²) >= 11 is 0. The number of nitrogens with one attached hydrogen (secondary N) is 2. The zero-order chi connectivity index (χ0) is 14.8. The Kier molecular flexibility index (Phi) is 3.44. The molecule has 0 fully saturated rings. The minimum atomic E-state index is -0.357. The fourth-order valence-electron chi connectivity index (χ4n) is 2.34. The van der Waals surface area contributed by atoms with Crippen LogP contribution in [-0.4, -0.2) is 5.91 Å². The van der Waals surface area contributed by atoms with E-state index in [1.807, 2.05) is 24.3 Å². The van der Waals surface area contributed by atoms with E-state index in [0.29, 0.717) is 16.8 Å². The number of hydrogen-bond donors (Lipinski definition) is 2. The van der Waals surface area contributed by atoms with Crippen LogP contribution in [0.2, 0.25) is 0 Å². The molecule has 0 unspecified atom stereocenters. The van der Waals surface area contributed by atoms with E-state index in [1.165, 1.54) is 17.7 Å². The summed E-state index contributed by atoms with van der Waals surface area (Å²) in [4.78, 5) is 11.9. The Morgan fingerprint density at radius 2 is 2.10 bits per heavy atom. The topological polar surface area (TPSA) is 41.1 Å². The van der Waals surface area contributed by atoms with Gasteiger partial charge in [-0.15, -0.1) is 0 Å². The molecule has 0 aromatic heterocycles. The van der Waals surface area contributed by atoms with Gasteiger partial charge in [0.25, 0.3) is 5.91 Å². The van der Waals surface area contributed by atoms with Crippen LogP contribution < -0.4 is 10.6 Å². The molecule has 4 heteroatoms. The standard InChI is InChI=1S/C17H15FN2O/c1-2-11-4-3-5-13(8-11)19-10-15-14-9-12(18)6-7-16(14)20-17(15)21/h3-10,19H,2H2,1H3,(H,20,21). The number of rotatable bonds is 3. The summed E-state index contributed by atoms with van der Waals surface area (Å²) in [5.74, 6) is -0.584. The molecular weight excluding hydrogens is 267 g/mol. The monoisotopic (exact) mass is 282 g/mol. The molecule has 1 aliphatic rings. The molecule has 3 rings (SSSR count). The molecule has 1 amide bonds. The Labute approximate surface area is 122 Å². The van der Waals surface area contributed by atoms with E-state index in [9.17, 15) is 9.18 Å². The lowest BCUT2D eigenvalue weighted by Gasteiger charge is -2.04. The van der Waals surface area contributed by atoms with Crippen LogP contribution in [0.1, 0.15) is 18.1 Å². The largest absolute Gasteiger partial charge is 0.361 e. The Bertz CT molecular complexity index is 737. The fourth-order valence-corrected chi connectivity index (χ4v) is 2.34. The first-order valence-corrected chi connectivity index (χ1v) is 6.84. The minimum Gasteiger partial charge on any atom is -0.361 e. The Hall–Kier alpha value is -2.62. The summed E-state index contributed by atoms with van der Waals surface area (Å²) in [6.45, 7) is 2.08. The van der Waals surface area contributed by atoms with Crippen molar-refractivity contribution in [2.45, 2.75) is 13.3 Å². The van der Waals surface area contributed by atoms with Crippen LogP contribution >= 0.6 is 0 Å². The van der Waals surface area contributed by atoms with Gasteiger partial charge in [0.1, 0.15) is 5.82 Å². The van der Waals surface area contributed by atoms with E-state index < -0.39 is 0 Å². The Morgan fingerprint density at radius 1 is 1.24 bits per heavy atom. The summed E-state index contributed by atoms with van der Waals surface area (Å²) in [6.07, 6.45) is 2.57. The third-order valence-corrected chi connectivity index (χ3v) is 3.48. The van der Waals surface area contributed by atoms with Crippen molar-refractivity contribution in [2.24, 2.45) is 0 Å². The molecule has 2 aromatic rings. The molecule has 1 aliphatic heterocycles. The molecule has 106 valence electrons. The van der Waals surface area contributed by atoms with Gasteiger partial charge >= 0.3 is 0 Å². The van der Waals surface area contributed by atoms with Gasteiger partial charge in [-0.25, -0.2) is 4.39 Å². The fraction of sp³-hybridized carbons (Fsp3) is 0.118. The molecule has 21 heavy (non-hydrogen) atoms. The lowest BCUT2D eigenvalue weighted by Crippen LogP contribution is -2.05. The highest BCUT2D eigenvalue weighted by Crippen LogP contribution is 2.32. The van der Waals surface area contributed by atoms with Gasteiger partial charge in [0.05, 0.1) is 5.57 Å². The highest BCUT2D eigenvalue weighted by molar-refractivity contribution is 6.31. The van der Waals surface area contributed by atoms with Crippen molar-refractivity contribution in [3.05, 3.63) is 65.6 Å². The van der Waals surface area contributed by atoms with E-state index in [4.69, 9.17) is 0 Å². The number of amides is 1. The zero-order valence-corrected chi connectivity index (χ0v) is 11.6. The second kappa shape index (κ2) is 5.40. The number of aryl methyl sites for hydroxylation is 1. The van der Waals surface area contributed by atoms with Crippen molar-refractivity contribution in [3.63, 3.8) is 0 Å². The van der Waals surface area contributed by atoms with Gasteiger partial charge in [0, 0.05) is 23.1 Å². The maximum atomic E-state index is 13.3. The highest BCUT2D eigenvalue weighted by Gasteiger charge is 2.24. The van der Waals surface area contributed by atoms with Gasteiger partial charge < -0.3 is 10.6 Å². The van der Waals surface area contributed by atoms with Crippen molar-refractivity contribution in [1.29, 1.82) is 0 Å². The first-order chi connectivity index (χ1) is 10.2. The van der Waals surface area contributed by atoms with Crippen LogP contribution in [-0.2, 0) is 11.2 Å². The molecule has 3 nitrogen and oxygen atoms in total. The second-order valence-corrected chi connectivity index (χ2v) is 4.90. The van der Waals surface area contributed by atoms with Crippen LogP contribution in [0.4, 0.5) is 15.8 Å². The van der Waals surface area contributed by atoms with Crippen LogP contribution in [0.5, 0.6) is 0 Å². The van der Waals surface area contributed by atoms with Crippen molar-refractivity contribution in [1.82, 2.24) is 0 Å². The molecular formula is C17H15FN2O. The maximum absolute atomic E-state index is 13.3. The normalized spacial score (nSPS) is 15.0. The highest BCUT2D eigenvalue weighted by atomic mass is 19.1. The number of hydrogen-bond acceptors (Lipinski definition) is 2. The smallest absolute Gasteiger partial charge is 0.257 e. The molecule has 1 heterocycles. The second-order valence-electron chi connectivity index (χ2n) is 4.90. The molecule has 0 aliphatic carbocycles. The SMILES string of the molecule is CCc1cccc(NC=C2C(=O)Nc3ccc(F)cc32)c1. The third kappa shape index (κ3) is 2.65. The average molecular weight is 282 g/mol. The van der Waals surface area contributed by atoms with Crippen molar-refractivity contribution < 1.29 is 9.18 Å². The van der Waals surface area contributed by atoms with E-state index in [2.05, 4.69) is 17.6 Å². The van der Waals surface area contributed by atoms with E-state index >= 15 is 0 Å². The average Bonchev–Trinajstić information content (AvgIpc) is 2.80. The van der Waals surface area contributed by atoms with Crippen molar-refractivity contribution in [2.75, 3.05) is 10.6 Å². The summed E-state index contributed by atoms with van der Waals surface area (Å²) in [7, 11) is 0. The van der Waals surface area contributed by atoms with Gasteiger partial charge in [-0.05, 0) is 42.3 Å². The maximum Gasteiger partial charge on any atom is 0.257 e. The molecule has 0 atom stereocenters. The van der Waals surface area contributed by atoms with Crippen LogP contribution in [0.15, 0.2) is 48.7 Å². The lowest BCUT2D eigenvalue weighted by molar-refractivity contribution is -0.110. The Balaban J connectivity index is 1.90. The van der Waals surface area contributed by atoms with Gasteiger partial charge in [-0.3, -0.25) is 4.79 Å². The quantitative estimate of drug-likeness (QED) is 0.841. The number of carbonyl (C=O) groups is 1. The van der Waals surface area contributed by atoms with Gasteiger partial charge in [0.15, 0.2) is 0 Å². The molecule has 2 N–H and O–H groups in total. The molecule has 0 saturated heterocycles. The van der Waals surface area contributed by atoms with E-state index in [1.54, 1.807) is 12.3 Å². The lowest BCUT2D eigenvalue weighted by atomic mass is 10.1. The molecule has 2 aromatic carbocycles. The number of anilines is 2. The number of halogens is 1. The van der Waals surface area contributed by atoms with E-state index in [-0.39, 0.29) is 11.7 Å². The summed E-state index contributed by atoms with van der Waals surface area (Å²) < 4.78 is 13.3. The predicted molar refractivity (Wildman–Crippen MR) is 82.4 cm³/mol. The number of fused-ring (bicyclic) bond motifs is 1. The first kappa shape index (κ1) is 13.4. The van der Waals surface area contributed by atoms with Crippen molar-refractivity contribution in [3.8, 4) is 0 Å². The van der Waals surface area contributed by atoms with Crippen LogP contribution in [0, 0.1) is 5.82 Å². The summed E-state index contributed by atoms with van der Waals surface area (Å²) in [5.41, 5.74) is 3.77. The predicted octanol–water partition coefficient (Wildman–Crippen LogP) is 3.79. The van der Waals surface area contributed by atoms with Gasteiger partial charge in [0.2, 0.25) is 0 Å². The van der Waals surface area contributed by atoms with Crippen molar-refractivity contribution >= 4 is 22.9 Å². The number of benzene rings is 2.